The minimum Gasteiger partial charge on any atom is -0.493 e. The van der Waals surface area contributed by atoms with Crippen molar-refractivity contribution in [3.8, 4) is 11.5 Å². The highest BCUT2D eigenvalue weighted by Crippen LogP contribution is 2.33. The maximum Gasteiger partial charge on any atom is 0.163 e. The zero-order valence-electron chi connectivity index (χ0n) is 12.6. The van der Waals surface area contributed by atoms with E-state index in [4.69, 9.17) is 26.2 Å². The van der Waals surface area contributed by atoms with E-state index in [-0.39, 0.29) is 6.61 Å². The van der Waals surface area contributed by atoms with Crippen LogP contribution in [0.3, 0.4) is 0 Å². The van der Waals surface area contributed by atoms with Crippen molar-refractivity contribution in [1.82, 2.24) is 0 Å². The third-order valence-corrected chi connectivity index (χ3v) is 3.62. The van der Waals surface area contributed by atoms with Gasteiger partial charge in [0.15, 0.2) is 11.5 Å². The Kier molecular flexibility index (Phi) is 6.52. The highest BCUT2D eigenvalue weighted by molar-refractivity contribution is 6.31. The van der Waals surface area contributed by atoms with Gasteiger partial charge in [-0.3, -0.25) is 0 Å². The molecular formula is C17H21ClNO3+. The zero-order valence-corrected chi connectivity index (χ0v) is 13.3. The molecule has 0 aliphatic rings. The molecule has 118 valence electrons. The average molecular weight is 323 g/mol. The van der Waals surface area contributed by atoms with Gasteiger partial charge in [-0.1, -0.05) is 41.9 Å². The lowest BCUT2D eigenvalue weighted by molar-refractivity contribution is -0.671. The van der Waals surface area contributed by atoms with Gasteiger partial charge in [0.05, 0.1) is 25.3 Å². The molecule has 0 saturated heterocycles. The minimum atomic E-state index is 0.146. The summed E-state index contributed by atoms with van der Waals surface area (Å²) in [6.07, 6.45) is 0. The Balaban J connectivity index is 2.08. The van der Waals surface area contributed by atoms with Crippen molar-refractivity contribution in [2.45, 2.75) is 13.2 Å². The summed E-state index contributed by atoms with van der Waals surface area (Å²) < 4.78 is 11.2. The van der Waals surface area contributed by atoms with Gasteiger partial charge in [-0.05, 0) is 11.6 Å². The summed E-state index contributed by atoms with van der Waals surface area (Å²) >= 11 is 6.30. The average Bonchev–Trinajstić information content (AvgIpc) is 2.55. The molecule has 0 heterocycles. The van der Waals surface area contributed by atoms with Crippen LogP contribution in [-0.4, -0.2) is 25.4 Å². The second-order valence-corrected chi connectivity index (χ2v) is 5.28. The Morgan fingerprint density at radius 3 is 2.59 bits per heavy atom. The molecule has 0 amide bonds. The molecule has 3 N–H and O–H groups in total. The van der Waals surface area contributed by atoms with Crippen LogP contribution in [0.15, 0.2) is 42.5 Å². The van der Waals surface area contributed by atoms with Crippen LogP contribution in [-0.2, 0) is 13.2 Å². The van der Waals surface area contributed by atoms with Crippen molar-refractivity contribution in [3.63, 3.8) is 0 Å². The molecule has 5 heteroatoms. The van der Waals surface area contributed by atoms with Crippen LogP contribution in [0, 0.1) is 0 Å². The molecule has 22 heavy (non-hydrogen) atoms. The first-order chi connectivity index (χ1) is 10.7. The Bertz CT molecular complexity index is 590. The lowest BCUT2D eigenvalue weighted by atomic mass is 10.2. The summed E-state index contributed by atoms with van der Waals surface area (Å²) in [4.78, 5) is 0. The molecule has 0 unspecified atom stereocenters. The number of methoxy groups -OCH3 is 1. The molecule has 0 aliphatic carbocycles. The number of nitrogens with two attached hydrogens (primary N) is 1. The standard InChI is InChI=1S/C17H20ClNO3/c1-21-16-9-14(11-19-7-8-20)15(18)10-17(16)22-12-13-5-3-2-4-6-13/h2-6,9-10,19-20H,7-8,11-12H2,1H3/p+1. The predicted molar refractivity (Wildman–Crippen MR) is 86.4 cm³/mol. The first-order valence-corrected chi connectivity index (χ1v) is 7.58. The van der Waals surface area contributed by atoms with Gasteiger partial charge in [0.25, 0.3) is 0 Å². The van der Waals surface area contributed by atoms with Crippen LogP contribution in [0.2, 0.25) is 5.02 Å². The summed E-state index contributed by atoms with van der Waals surface area (Å²) in [5, 5.41) is 11.5. The van der Waals surface area contributed by atoms with Crippen LogP contribution >= 0.6 is 11.6 Å². The Labute approximate surface area is 135 Å². The largest absolute Gasteiger partial charge is 0.493 e. The zero-order chi connectivity index (χ0) is 15.8. The van der Waals surface area contributed by atoms with E-state index in [1.54, 1.807) is 13.2 Å². The quantitative estimate of drug-likeness (QED) is 0.731. The van der Waals surface area contributed by atoms with Crippen molar-refractivity contribution in [2.24, 2.45) is 0 Å². The van der Waals surface area contributed by atoms with Crippen molar-refractivity contribution in [1.29, 1.82) is 0 Å². The van der Waals surface area contributed by atoms with Crippen molar-refractivity contribution in [3.05, 3.63) is 58.6 Å². The minimum absolute atomic E-state index is 0.146. The van der Waals surface area contributed by atoms with E-state index >= 15 is 0 Å². The van der Waals surface area contributed by atoms with Crippen molar-refractivity contribution >= 4 is 11.6 Å². The predicted octanol–water partition coefficient (Wildman–Crippen LogP) is 1.98. The van der Waals surface area contributed by atoms with E-state index in [9.17, 15) is 0 Å². The molecule has 2 aromatic carbocycles. The van der Waals surface area contributed by atoms with E-state index in [1.807, 2.05) is 41.7 Å². The third kappa shape index (κ3) is 4.63. The molecule has 0 saturated carbocycles. The maximum absolute atomic E-state index is 8.83. The number of benzene rings is 2. The lowest BCUT2D eigenvalue weighted by Crippen LogP contribution is -2.83. The van der Waals surface area contributed by atoms with Gasteiger partial charge in [0.1, 0.15) is 13.2 Å². The number of quaternary nitrogens is 1. The van der Waals surface area contributed by atoms with Gasteiger partial charge in [0.2, 0.25) is 0 Å². The third-order valence-electron chi connectivity index (χ3n) is 3.27. The van der Waals surface area contributed by atoms with Crippen LogP contribution in [0.5, 0.6) is 11.5 Å². The molecule has 0 aromatic heterocycles. The normalized spacial score (nSPS) is 10.5. The maximum atomic E-state index is 8.83. The highest BCUT2D eigenvalue weighted by atomic mass is 35.5. The number of hydrogen-bond donors (Lipinski definition) is 2. The number of hydrogen-bond acceptors (Lipinski definition) is 3. The first-order valence-electron chi connectivity index (χ1n) is 7.20. The Hall–Kier alpha value is -1.75. The molecule has 2 rings (SSSR count). The van der Waals surface area contributed by atoms with E-state index < -0.39 is 0 Å². The molecule has 0 atom stereocenters. The summed E-state index contributed by atoms with van der Waals surface area (Å²) in [7, 11) is 1.61. The molecule has 0 bridgehead atoms. The Morgan fingerprint density at radius 2 is 1.91 bits per heavy atom. The lowest BCUT2D eigenvalue weighted by Gasteiger charge is -2.13. The van der Waals surface area contributed by atoms with E-state index in [1.165, 1.54) is 0 Å². The second-order valence-electron chi connectivity index (χ2n) is 4.87. The number of ether oxygens (including phenoxy) is 2. The number of aliphatic hydroxyl groups excluding tert-OH is 1. The van der Waals surface area contributed by atoms with Crippen LogP contribution in [0.1, 0.15) is 11.1 Å². The van der Waals surface area contributed by atoms with Gasteiger partial charge >= 0.3 is 0 Å². The number of rotatable bonds is 8. The monoisotopic (exact) mass is 322 g/mol. The van der Waals surface area contributed by atoms with Gasteiger partial charge < -0.3 is 19.9 Å². The molecule has 2 aromatic rings. The van der Waals surface area contributed by atoms with E-state index in [0.29, 0.717) is 36.2 Å². The fourth-order valence-electron chi connectivity index (χ4n) is 2.09. The summed E-state index contributed by atoms with van der Waals surface area (Å²) in [6, 6.07) is 13.6. The van der Waals surface area contributed by atoms with Crippen LogP contribution in [0.4, 0.5) is 0 Å². The van der Waals surface area contributed by atoms with Crippen molar-refractivity contribution in [2.75, 3.05) is 20.3 Å². The smallest absolute Gasteiger partial charge is 0.163 e. The number of halogens is 1. The Morgan fingerprint density at radius 1 is 1.14 bits per heavy atom. The van der Waals surface area contributed by atoms with Gasteiger partial charge in [-0.2, -0.15) is 0 Å². The summed E-state index contributed by atoms with van der Waals surface area (Å²) in [6.45, 7) is 1.94. The first kappa shape index (κ1) is 16.6. The van der Waals surface area contributed by atoms with E-state index in [2.05, 4.69) is 0 Å². The molecule has 0 spiro atoms. The molecule has 0 fully saturated rings. The topological polar surface area (TPSA) is 55.3 Å². The number of aliphatic hydroxyl groups is 1. The van der Waals surface area contributed by atoms with E-state index in [0.717, 1.165) is 11.1 Å². The van der Waals surface area contributed by atoms with Gasteiger partial charge in [0, 0.05) is 11.6 Å². The molecular weight excluding hydrogens is 302 g/mol. The molecule has 0 aliphatic heterocycles. The summed E-state index contributed by atoms with van der Waals surface area (Å²) in [5.41, 5.74) is 2.04. The van der Waals surface area contributed by atoms with Crippen LogP contribution < -0.4 is 14.8 Å². The van der Waals surface area contributed by atoms with Crippen LogP contribution in [0.25, 0.3) is 0 Å². The van der Waals surface area contributed by atoms with Gasteiger partial charge in [-0.15, -0.1) is 0 Å². The SMILES string of the molecule is COc1cc(C[NH2+]CCO)c(Cl)cc1OCc1ccccc1. The fraction of sp³-hybridized carbons (Fsp3) is 0.294. The van der Waals surface area contributed by atoms with Gasteiger partial charge in [-0.25, -0.2) is 0 Å². The molecule has 4 nitrogen and oxygen atoms in total. The van der Waals surface area contributed by atoms with Crippen molar-refractivity contribution < 1.29 is 19.9 Å². The highest BCUT2D eigenvalue weighted by Gasteiger charge is 2.12. The molecule has 0 radical (unpaired) electrons. The summed E-state index contributed by atoms with van der Waals surface area (Å²) in [5.74, 6) is 1.29. The second kappa shape index (κ2) is 8.63. The fourth-order valence-corrected chi connectivity index (χ4v) is 2.32.